The average Bonchev–Trinajstić information content (AvgIpc) is 2.93. The molecule has 2 heterocycles. The summed E-state index contributed by atoms with van der Waals surface area (Å²) >= 11 is 7.52. The minimum Gasteiger partial charge on any atom is -0.300 e. The molecule has 1 saturated heterocycles. The average molecular weight is 302 g/mol. The molecular formula is C14H24ClN3S. The highest BCUT2D eigenvalue weighted by molar-refractivity contribution is 7.09. The van der Waals surface area contributed by atoms with E-state index in [1.165, 1.54) is 37.6 Å². The van der Waals surface area contributed by atoms with Gasteiger partial charge in [-0.25, -0.2) is 4.98 Å². The Kier molecular flexibility index (Phi) is 6.07. The molecule has 1 unspecified atom stereocenters. The quantitative estimate of drug-likeness (QED) is 0.753. The summed E-state index contributed by atoms with van der Waals surface area (Å²) in [4.78, 5) is 9.68. The number of thiazole rings is 1. The maximum Gasteiger partial charge on any atom is 0.0941 e. The van der Waals surface area contributed by atoms with Gasteiger partial charge in [0.05, 0.1) is 16.6 Å². The van der Waals surface area contributed by atoms with Gasteiger partial charge in [-0.1, -0.05) is 6.92 Å². The number of aromatic nitrogens is 1. The van der Waals surface area contributed by atoms with Crippen molar-refractivity contribution >= 4 is 22.9 Å². The first-order chi connectivity index (χ1) is 9.22. The van der Waals surface area contributed by atoms with Crippen molar-refractivity contribution in [3.8, 4) is 0 Å². The molecule has 1 aliphatic rings. The monoisotopic (exact) mass is 301 g/mol. The second kappa shape index (κ2) is 7.58. The molecule has 1 aliphatic heterocycles. The molecule has 1 fully saturated rings. The van der Waals surface area contributed by atoms with Crippen LogP contribution in [0.4, 0.5) is 0 Å². The molecule has 3 nitrogen and oxygen atoms in total. The fourth-order valence-electron chi connectivity index (χ4n) is 2.46. The summed E-state index contributed by atoms with van der Waals surface area (Å²) in [5.74, 6) is 0.532. The zero-order valence-corrected chi connectivity index (χ0v) is 13.5. The van der Waals surface area contributed by atoms with Crippen molar-refractivity contribution in [2.24, 2.45) is 0 Å². The van der Waals surface area contributed by atoms with E-state index in [1.54, 1.807) is 11.3 Å². The molecule has 0 spiro atoms. The number of nitrogens with zero attached hydrogens (tertiary/aromatic N) is 3. The van der Waals surface area contributed by atoms with Crippen LogP contribution in [-0.4, -0.2) is 53.5 Å². The standard InChI is InChI=1S/C14H24ClN3S/c1-3-12(2)18-8-6-17(7-9-18)5-4-14-16-13(10-15)11-19-14/h11-12H,3-10H2,1-2H3. The minimum atomic E-state index is 0.532. The van der Waals surface area contributed by atoms with Crippen molar-refractivity contribution in [3.05, 3.63) is 16.1 Å². The zero-order chi connectivity index (χ0) is 13.7. The van der Waals surface area contributed by atoms with Gasteiger partial charge in [0.15, 0.2) is 0 Å². The van der Waals surface area contributed by atoms with Crippen LogP contribution >= 0.6 is 22.9 Å². The maximum atomic E-state index is 5.78. The summed E-state index contributed by atoms with van der Waals surface area (Å²) < 4.78 is 0. The first kappa shape index (κ1) is 15.2. The van der Waals surface area contributed by atoms with Gasteiger partial charge in [0.1, 0.15) is 0 Å². The number of alkyl halides is 1. The molecular weight excluding hydrogens is 278 g/mol. The summed E-state index contributed by atoms with van der Waals surface area (Å²) in [5.41, 5.74) is 1.02. The van der Waals surface area contributed by atoms with Crippen molar-refractivity contribution in [2.75, 3.05) is 32.7 Å². The van der Waals surface area contributed by atoms with E-state index < -0.39 is 0 Å². The van der Waals surface area contributed by atoms with Crippen LogP contribution in [0, 0.1) is 0 Å². The molecule has 1 aromatic rings. The Balaban J connectivity index is 1.71. The number of piperazine rings is 1. The molecule has 0 saturated carbocycles. The third kappa shape index (κ3) is 4.42. The fraction of sp³-hybridized carbons (Fsp3) is 0.786. The molecule has 1 atom stereocenters. The highest BCUT2D eigenvalue weighted by atomic mass is 35.5. The van der Waals surface area contributed by atoms with Crippen LogP contribution in [0.25, 0.3) is 0 Å². The third-order valence-corrected chi connectivity index (χ3v) is 5.23. The van der Waals surface area contributed by atoms with E-state index in [4.69, 9.17) is 11.6 Å². The molecule has 108 valence electrons. The van der Waals surface area contributed by atoms with Crippen LogP contribution in [-0.2, 0) is 12.3 Å². The normalized spacial score (nSPS) is 19.7. The number of rotatable bonds is 6. The van der Waals surface area contributed by atoms with Gasteiger partial charge < -0.3 is 4.90 Å². The molecule has 0 bridgehead atoms. The summed E-state index contributed by atoms with van der Waals surface area (Å²) in [6.07, 6.45) is 2.31. The van der Waals surface area contributed by atoms with E-state index in [0.29, 0.717) is 5.88 Å². The van der Waals surface area contributed by atoms with Gasteiger partial charge in [-0.2, -0.15) is 0 Å². The van der Waals surface area contributed by atoms with Gasteiger partial charge in [-0.3, -0.25) is 4.90 Å². The van der Waals surface area contributed by atoms with Crippen molar-refractivity contribution in [1.29, 1.82) is 0 Å². The van der Waals surface area contributed by atoms with Crippen LogP contribution in [0.3, 0.4) is 0 Å². The number of hydrogen-bond acceptors (Lipinski definition) is 4. The SMILES string of the molecule is CCC(C)N1CCN(CCc2nc(CCl)cs2)CC1. The molecule has 0 aliphatic carbocycles. The summed E-state index contributed by atoms with van der Waals surface area (Å²) in [6, 6.07) is 0.729. The van der Waals surface area contributed by atoms with Gasteiger partial charge in [0, 0.05) is 50.6 Å². The molecule has 5 heteroatoms. The highest BCUT2D eigenvalue weighted by Crippen LogP contribution is 2.14. The fourth-order valence-corrected chi connectivity index (χ4v) is 3.48. The van der Waals surface area contributed by atoms with Gasteiger partial charge in [0.25, 0.3) is 0 Å². The maximum absolute atomic E-state index is 5.78. The van der Waals surface area contributed by atoms with Gasteiger partial charge >= 0.3 is 0 Å². The van der Waals surface area contributed by atoms with E-state index >= 15 is 0 Å². The molecule has 0 amide bonds. The Bertz CT molecular complexity index is 375. The minimum absolute atomic E-state index is 0.532. The Hall–Kier alpha value is -0.160. The largest absolute Gasteiger partial charge is 0.300 e. The van der Waals surface area contributed by atoms with Crippen LogP contribution in [0.15, 0.2) is 5.38 Å². The predicted octanol–water partition coefficient (Wildman–Crippen LogP) is 2.84. The number of hydrogen-bond donors (Lipinski definition) is 0. The van der Waals surface area contributed by atoms with E-state index in [2.05, 4.69) is 34.0 Å². The van der Waals surface area contributed by atoms with Gasteiger partial charge in [-0.15, -0.1) is 22.9 Å². The first-order valence-electron chi connectivity index (χ1n) is 7.18. The highest BCUT2D eigenvalue weighted by Gasteiger charge is 2.19. The van der Waals surface area contributed by atoms with Crippen molar-refractivity contribution in [2.45, 2.75) is 38.6 Å². The van der Waals surface area contributed by atoms with Gasteiger partial charge in [0.2, 0.25) is 0 Å². The lowest BCUT2D eigenvalue weighted by molar-refractivity contribution is 0.101. The molecule has 0 radical (unpaired) electrons. The lowest BCUT2D eigenvalue weighted by Crippen LogP contribution is -2.49. The first-order valence-corrected chi connectivity index (χ1v) is 8.60. The Morgan fingerprint density at radius 1 is 1.37 bits per heavy atom. The lowest BCUT2D eigenvalue weighted by atomic mass is 10.2. The Labute approximate surface area is 125 Å². The lowest BCUT2D eigenvalue weighted by Gasteiger charge is -2.37. The molecule has 1 aromatic heterocycles. The zero-order valence-electron chi connectivity index (χ0n) is 11.9. The van der Waals surface area contributed by atoms with Crippen LogP contribution in [0.5, 0.6) is 0 Å². The van der Waals surface area contributed by atoms with Crippen molar-refractivity contribution in [1.82, 2.24) is 14.8 Å². The van der Waals surface area contributed by atoms with E-state index in [1.807, 2.05) is 0 Å². The Morgan fingerprint density at radius 3 is 2.68 bits per heavy atom. The van der Waals surface area contributed by atoms with E-state index in [0.717, 1.165) is 24.7 Å². The summed E-state index contributed by atoms with van der Waals surface area (Å²) in [7, 11) is 0. The Morgan fingerprint density at radius 2 is 2.11 bits per heavy atom. The van der Waals surface area contributed by atoms with Gasteiger partial charge in [-0.05, 0) is 13.3 Å². The van der Waals surface area contributed by atoms with Crippen LogP contribution in [0.1, 0.15) is 31.0 Å². The molecule has 2 rings (SSSR count). The summed E-state index contributed by atoms with van der Waals surface area (Å²) in [5, 5.41) is 3.29. The smallest absolute Gasteiger partial charge is 0.0941 e. The molecule has 0 N–H and O–H groups in total. The van der Waals surface area contributed by atoms with Crippen molar-refractivity contribution in [3.63, 3.8) is 0 Å². The topological polar surface area (TPSA) is 19.4 Å². The third-order valence-electron chi connectivity index (χ3n) is 4.00. The summed E-state index contributed by atoms with van der Waals surface area (Å²) in [6.45, 7) is 10.5. The second-order valence-electron chi connectivity index (χ2n) is 5.25. The predicted molar refractivity (Wildman–Crippen MR) is 83.1 cm³/mol. The van der Waals surface area contributed by atoms with Crippen LogP contribution < -0.4 is 0 Å². The van der Waals surface area contributed by atoms with E-state index in [-0.39, 0.29) is 0 Å². The molecule has 0 aromatic carbocycles. The second-order valence-corrected chi connectivity index (χ2v) is 6.46. The van der Waals surface area contributed by atoms with Crippen LogP contribution in [0.2, 0.25) is 0 Å². The number of halogens is 1. The van der Waals surface area contributed by atoms with Crippen molar-refractivity contribution < 1.29 is 0 Å². The molecule has 19 heavy (non-hydrogen) atoms. The van der Waals surface area contributed by atoms with E-state index in [9.17, 15) is 0 Å².